The van der Waals surface area contributed by atoms with Gasteiger partial charge in [0.25, 0.3) is 0 Å². The van der Waals surface area contributed by atoms with Crippen LogP contribution in [0.3, 0.4) is 0 Å². The van der Waals surface area contributed by atoms with Gasteiger partial charge >= 0.3 is 0 Å². The van der Waals surface area contributed by atoms with Crippen molar-refractivity contribution in [2.24, 2.45) is 0 Å². The van der Waals surface area contributed by atoms with Gasteiger partial charge in [-0.2, -0.15) is 5.10 Å². The molecule has 2 aromatic carbocycles. The second kappa shape index (κ2) is 8.71. The second-order valence-corrected chi connectivity index (χ2v) is 7.85. The van der Waals surface area contributed by atoms with Crippen LogP contribution in [0.2, 0.25) is 5.02 Å². The molecule has 7 heteroatoms. The van der Waals surface area contributed by atoms with E-state index in [9.17, 15) is 4.79 Å². The summed E-state index contributed by atoms with van der Waals surface area (Å²) in [6.45, 7) is 5.19. The Morgan fingerprint density at radius 2 is 1.97 bits per heavy atom. The SMILES string of the molecule is Cc1nn(Cc2ccccc2)c(C)c1CC(=O)NCCc1nc2ccc(Cl)cc2[nH]1. The maximum Gasteiger partial charge on any atom is 0.224 e. The van der Waals surface area contributed by atoms with Crippen LogP contribution in [0, 0.1) is 13.8 Å². The van der Waals surface area contributed by atoms with Gasteiger partial charge in [-0.3, -0.25) is 9.48 Å². The van der Waals surface area contributed by atoms with Crippen LogP contribution in [-0.2, 0) is 24.2 Å². The molecule has 2 heterocycles. The number of imidazole rings is 1. The molecule has 0 saturated heterocycles. The zero-order valence-electron chi connectivity index (χ0n) is 17.1. The Morgan fingerprint density at radius 1 is 1.17 bits per heavy atom. The van der Waals surface area contributed by atoms with Gasteiger partial charge in [-0.15, -0.1) is 0 Å². The molecule has 4 aromatic rings. The van der Waals surface area contributed by atoms with Crippen molar-refractivity contribution in [1.82, 2.24) is 25.1 Å². The van der Waals surface area contributed by atoms with E-state index in [0.29, 0.717) is 31.0 Å². The van der Waals surface area contributed by atoms with E-state index in [0.717, 1.165) is 33.8 Å². The van der Waals surface area contributed by atoms with E-state index in [1.165, 1.54) is 5.56 Å². The smallest absolute Gasteiger partial charge is 0.224 e. The van der Waals surface area contributed by atoms with Gasteiger partial charge in [0, 0.05) is 29.2 Å². The van der Waals surface area contributed by atoms with Crippen molar-refractivity contribution in [3.05, 3.63) is 81.9 Å². The van der Waals surface area contributed by atoms with Gasteiger partial charge in [-0.25, -0.2) is 4.98 Å². The zero-order valence-corrected chi connectivity index (χ0v) is 17.8. The molecule has 0 aliphatic carbocycles. The number of fused-ring (bicyclic) bond motifs is 1. The van der Waals surface area contributed by atoms with Crippen LogP contribution >= 0.6 is 11.6 Å². The van der Waals surface area contributed by atoms with Crippen LogP contribution in [0.25, 0.3) is 11.0 Å². The van der Waals surface area contributed by atoms with Crippen molar-refractivity contribution in [2.45, 2.75) is 33.2 Å². The average Bonchev–Trinajstić information content (AvgIpc) is 3.24. The minimum absolute atomic E-state index is 0.0142. The predicted molar refractivity (Wildman–Crippen MR) is 119 cm³/mol. The molecular weight excluding hydrogens is 398 g/mol. The number of hydrogen-bond donors (Lipinski definition) is 2. The number of aromatic amines is 1. The van der Waals surface area contributed by atoms with Crippen LogP contribution in [0.4, 0.5) is 0 Å². The van der Waals surface area contributed by atoms with E-state index in [2.05, 4.69) is 32.5 Å². The van der Waals surface area contributed by atoms with Crippen LogP contribution < -0.4 is 5.32 Å². The van der Waals surface area contributed by atoms with E-state index in [1.54, 1.807) is 0 Å². The van der Waals surface area contributed by atoms with Crippen molar-refractivity contribution in [2.75, 3.05) is 6.54 Å². The van der Waals surface area contributed by atoms with Gasteiger partial charge in [0.15, 0.2) is 0 Å². The topological polar surface area (TPSA) is 75.6 Å². The molecule has 2 N–H and O–H groups in total. The zero-order chi connectivity index (χ0) is 21.1. The first-order valence-electron chi connectivity index (χ1n) is 9.97. The first kappa shape index (κ1) is 20.2. The molecule has 0 aliphatic rings. The summed E-state index contributed by atoms with van der Waals surface area (Å²) in [7, 11) is 0. The van der Waals surface area contributed by atoms with Crippen molar-refractivity contribution in [3.8, 4) is 0 Å². The monoisotopic (exact) mass is 421 g/mol. The first-order valence-corrected chi connectivity index (χ1v) is 10.3. The average molecular weight is 422 g/mol. The largest absolute Gasteiger partial charge is 0.355 e. The third kappa shape index (κ3) is 4.54. The molecule has 1 amide bonds. The molecule has 2 aromatic heterocycles. The summed E-state index contributed by atoms with van der Waals surface area (Å²) in [5.41, 5.74) is 5.88. The van der Waals surface area contributed by atoms with Crippen LogP contribution in [0.1, 0.15) is 28.3 Å². The second-order valence-electron chi connectivity index (χ2n) is 7.41. The molecule has 0 unspecified atom stereocenters. The number of halogens is 1. The number of nitrogens with one attached hydrogen (secondary N) is 2. The molecule has 30 heavy (non-hydrogen) atoms. The van der Waals surface area contributed by atoms with Crippen molar-refractivity contribution < 1.29 is 4.79 Å². The fourth-order valence-corrected chi connectivity index (χ4v) is 3.77. The predicted octanol–water partition coefficient (Wildman–Crippen LogP) is 3.98. The lowest BCUT2D eigenvalue weighted by atomic mass is 10.1. The lowest BCUT2D eigenvalue weighted by Gasteiger charge is -2.07. The molecule has 0 radical (unpaired) electrons. The highest BCUT2D eigenvalue weighted by molar-refractivity contribution is 6.31. The fourth-order valence-electron chi connectivity index (χ4n) is 3.60. The van der Waals surface area contributed by atoms with Crippen molar-refractivity contribution in [3.63, 3.8) is 0 Å². The maximum atomic E-state index is 12.5. The Kier molecular flexibility index (Phi) is 5.86. The lowest BCUT2D eigenvalue weighted by molar-refractivity contribution is -0.120. The Morgan fingerprint density at radius 3 is 2.77 bits per heavy atom. The summed E-state index contributed by atoms with van der Waals surface area (Å²) in [5, 5.41) is 8.29. The normalized spacial score (nSPS) is 11.2. The van der Waals surface area contributed by atoms with Gasteiger partial charge in [0.1, 0.15) is 5.82 Å². The number of nitrogens with zero attached hydrogens (tertiary/aromatic N) is 3. The summed E-state index contributed by atoms with van der Waals surface area (Å²) in [6.07, 6.45) is 0.950. The summed E-state index contributed by atoms with van der Waals surface area (Å²) in [5.74, 6) is 0.815. The Bertz CT molecular complexity index is 1180. The highest BCUT2D eigenvalue weighted by Crippen LogP contribution is 2.18. The molecule has 0 fully saturated rings. The highest BCUT2D eigenvalue weighted by atomic mass is 35.5. The van der Waals surface area contributed by atoms with Gasteiger partial charge in [-0.05, 0) is 37.6 Å². The van der Waals surface area contributed by atoms with Crippen molar-refractivity contribution >= 4 is 28.5 Å². The van der Waals surface area contributed by atoms with Gasteiger partial charge in [0.2, 0.25) is 5.91 Å². The Labute approximate surface area is 180 Å². The number of hydrogen-bond acceptors (Lipinski definition) is 3. The van der Waals surface area contributed by atoms with E-state index in [4.69, 9.17) is 11.6 Å². The third-order valence-electron chi connectivity index (χ3n) is 5.22. The van der Waals surface area contributed by atoms with Gasteiger partial charge in [-0.1, -0.05) is 41.9 Å². The number of H-pyrrole nitrogens is 1. The molecule has 4 rings (SSSR count). The minimum atomic E-state index is -0.0142. The summed E-state index contributed by atoms with van der Waals surface area (Å²) in [4.78, 5) is 20.3. The maximum absolute atomic E-state index is 12.5. The Balaban J connectivity index is 1.34. The molecule has 0 saturated carbocycles. The quantitative estimate of drug-likeness (QED) is 0.474. The van der Waals surface area contributed by atoms with Crippen LogP contribution in [0.5, 0.6) is 0 Å². The minimum Gasteiger partial charge on any atom is -0.355 e. The molecule has 0 aliphatic heterocycles. The highest BCUT2D eigenvalue weighted by Gasteiger charge is 2.15. The number of amides is 1. The molecule has 6 nitrogen and oxygen atoms in total. The molecule has 0 spiro atoms. The standard InChI is InChI=1S/C23H24ClN5O/c1-15-19(16(2)29(28-15)14-17-6-4-3-5-7-17)13-23(30)25-11-10-22-26-20-9-8-18(24)12-21(20)27-22/h3-9,12H,10-11,13-14H2,1-2H3,(H,25,30)(H,26,27). The number of carbonyl (C=O) groups is 1. The number of aryl methyl sites for hydroxylation is 1. The van der Waals surface area contributed by atoms with Gasteiger partial charge < -0.3 is 10.3 Å². The Hall–Kier alpha value is -3.12. The van der Waals surface area contributed by atoms with Gasteiger partial charge in [0.05, 0.1) is 29.7 Å². The molecule has 0 bridgehead atoms. The molecule has 154 valence electrons. The van der Waals surface area contributed by atoms with Crippen molar-refractivity contribution in [1.29, 1.82) is 0 Å². The fraction of sp³-hybridized carbons (Fsp3) is 0.261. The van der Waals surface area contributed by atoms with E-state index >= 15 is 0 Å². The number of aromatic nitrogens is 4. The summed E-state index contributed by atoms with van der Waals surface area (Å²) < 4.78 is 1.97. The first-order chi connectivity index (χ1) is 14.5. The number of rotatable bonds is 7. The molecule has 0 atom stereocenters. The molecular formula is C23H24ClN5O. The summed E-state index contributed by atoms with van der Waals surface area (Å²) >= 11 is 6.01. The third-order valence-corrected chi connectivity index (χ3v) is 5.46. The number of benzene rings is 2. The van der Waals surface area contributed by atoms with Crippen LogP contribution in [-0.4, -0.2) is 32.2 Å². The lowest BCUT2D eigenvalue weighted by Crippen LogP contribution is -2.27. The van der Waals surface area contributed by atoms with E-state index in [1.807, 2.05) is 54.9 Å². The number of carbonyl (C=O) groups excluding carboxylic acids is 1. The van der Waals surface area contributed by atoms with E-state index in [-0.39, 0.29) is 5.91 Å². The summed E-state index contributed by atoms with van der Waals surface area (Å²) in [6, 6.07) is 15.8. The van der Waals surface area contributed by atoms with E-state index < -0.39 is 0 Å². The van der Waals surface area contributed by atoms with Crippen LogP contribution in [0.15, 0.2) is 48.5 Å².